The second-order valence-corrected chi connectivity index (χ2v) is 4.63. The number of hydrogen-bond acceptors (Lipinski definition) is 4. The van der Waals surface area contributed by atoms with Crippen molar-refractivity contribution in [1.82, 2.24) is 10.2 Å². The van der Waals surface area contributed by atoms with Crippen LogP contribution in [0.15, 0.2) is 0 Å². The molecule has 1 fully saturated rings. The van der Waals surface area contributed by atoms with Crippen molar-refractivity contribution in [2.45, 2.75) is 18.9 Å². The molecule has 1 saturated heterocycles. The van der Waals surface area contributed by atoms with Crippen LogP contribution in [0.1, 0.15) is 12.8 Å². The first-order valence-corrected chi connectivity index (χ1v) is 6.20. The van der Waals surface area contributed by atoms with Gasteiger partial charge in [0.2, 0.25) is 0 Å². The molecule has 1 heterocycles. The van der Waals surface area contributed by atoms with E-state index in [1.54, 1.807) is 7.11 Å². The number of methoxy groups -OCH3 is 1. The highest BCUT2D eigenvalue weighted by Gasteiger charge is 2.25. The lowest BCUT2D eigenvalue weighted by atomic mass is 9.99. The van der Waals surface area contributed by atoms with E-state index in [2.05, 4.69) is 17.3 Å². The molecule has 1 rings (SSSR count). The van der Waals surface area contributed by atoms with Crippen molar-refractivity contribution < 1.29 is 9.47 Å². The molecule has 0 aromatic carbocycles. The highest BCUT2D eigenvalue weighted by Crippen LogP contribution is 2.17. The van der Waals surface area contributed by atoms with Crippen molar-refractivity contribution in [2.75, 3.05) is 54.1 Å². The van der Waals surface area contributed by atoms with Gasteiger partial charge >= 0.3 is 0 Å². The van der Waals surface area contributed by atoms with E-state index in [9.17, 15) is 0 Å². The smallest absolute Gasteiger partial charge is 0.0510 e. The van der Waals surface area contributed by atoms with Gasteiger partial charge in [-0.05, 0) is 26.9 Å². The van der Waals surface area contributed by atoms with E-state index in [-0.39, 0.29) is 0 Å². The highest BCUT2D eigenvalue weighted by molar-refractivity contribution is 4.80. The monoisotopic (exact) mass is 230 g/mol. The van der Waals surface area contributed by atoms with Crippen LogP contribution >= 0.6 is 0 Å². The van der Waals surface area contributed by atoms with Crippen LogP contribution in [0.25, 0.3) is 0 Å². The third-order valence-corrected chi connectivity index (χ3v) is 3.30. The third kappa shape index (κ3) is 4.78. The van der Waals surface area contributed by atoms with Crippen molar-refractivity contribution >= 4 is 0 Å². The van der Waals surface area contributed by atoms with E-state index in [4.69, 9.17) is 9.47 Å². The summed E-state index contributed by atoms with van der Waals surface area (Å²) >= 11 is 0. The third-order valence-electron chi connectivity index (χ3n) is 3.30. The molecular formula is C12H26N2O2. The van der Waals surface area contributed by atoms with Gasteiger partial charge in [-0.3, -0.25) is 0 Å². The van der Waals surface area contributed by atoms with Crippen LogP contribution in [0.4, 0.5) is 0 Å². The van der Waals surface area contributed by atoms with Crippen molar-refractivity contribution in [2.24, 2.45) is 5.92 Å². The van der Waals surface area contributed by atoms with Crippen LogP contribution in [-0.4, -0.2) is 65.1 Å². The van der Waals surface area contributed by atoms with Gasteiger partial charge in [-0.15, -0.1) is 0 Å². The minimum Gasteiger partial charge on any atom is -0.385 e. The number of nitrogens with zero attached hydrogens (tertiary/aromatic N) is 1. The van der Waals surface area contributed by atoms with Crippen molar-refractivity contribution in [1.29, 1.82) is 0 Å². The fourth-order valence-corrected chi connectivity index (χ4v) is 2.25. The zero-order valence-corrected chi connectivity index (χ0v) is 10.9. The summed E-state index contributed by atoms with van der Waals surface area (Å²) in [5.41, 5.74) is 0. The molecule has 0 amide bonds. The first-order valence-electron chi connectivity index (χ1n) is 6.20. The Labute approximate surface area is 99.3 Å². The number of hydrogen-bond donors (Lipinski definition) is 1. The summed E-state index contributed by atoms with van der Waals surface area (Å²) in [6.07, 6.45) is 2.29. The van der Waals surface area contributed by atoms with Crippen LogP contribution < -0.4 is 5.32 Å². The van der Waals surface area contributed by atoms with Crippen molar-refractivity contribution in [3.63, 3.8) is 0 Å². The molecule has 0 radical (unpaired) electrons. The van der Waals surface area contributed by atoms with Gasteiger partial charge in [-0.1, -0.05) is 0 Å². The zero-order chi connectivity index (χ0) is 11.8. The summed E-state index contributed by atoms with van der Waals surface area (Å²) < 4.78 is 10.5. The minimum absolute atomic E-state index is 0.551. The summed E-state index contributed by atoms with van der Waals surface area (Å²) in [5, 5.41) is 3.41. The molecule has 0 aromatic heterocycles. The molecule has 1 aliphatic heterocycles. The molecule has 4 nitrogen and oxygen atoms in total. The standard InChI is InChI=1S/C12H26N2O2/c1-13-12(11-5-8-16-10-11)9-14(2)6-4-7-15-3/h11-13H,4-10H2,1-3H3. The molecule has 16 heavy (non-hydrogen) atoms. The van der Waals surface area contributed by atoms with Crippen molar-refractivity contribution in [3.8, 4) is 0 Å². The van der Waals surface area contributed by atoms with E-state index >= 15 is 0 Å². The first-order chi connectivity index (χ1) is 7.77. The van der Waals surface area contributed by atoms with Crippen LogP contribution in [0.5, 0.6) is 0 Å². The maximum atomic E-state index is 5.44. The molecule has 0 bridgehead atoms. The normalized spacial score (nSPS) is 22.9. The second kappa shape index (κ2) is 8.01. The molecule has 2 atom stereocenters. The Balaban J connectivity index is 2.20. The van der Waals surface area contributed by atoms with Gasteiger partial charge < -0.3 is 19.7 Å². The van der Waals surface area contributed by atoms with E-state index < -0.39 is 0 Å². The molecule has 0 aromatic rings. The predicted molar refractivity (Wildman–Crippen MR) is 65.8 cm³/mol. The maximum Gasteiger partial charge on any atom is 0.0510 e. The predicted octanol–water partition coefficient (Wildman–Crippen LogP) is 0.579. The minimum atomic E-state index is 0.551. The van der Waals surface area contributed by atoms with Gasteiger partial charge in [0.25, 0.3) is 0 Å². The van der Waals surface area contributed by atoms with E-state index in [1.165, 1.54) is 6.42 Å². The molecule has 96 valence electrons. The lowest BCUT2D eigenvalue weighted by Gasteiger charge is -2.27. The van der Waals surface area contributed by atoms with Gasteiger partial charge in [-0.2, -0.15) is 0 Å². The van der Waals surface area contributed by atoms with E-state index in [0.29, 0.717) is 12.0 Å². The average Bonchev–Trinajstić information content (AvgIpc) is 2.79. The summed E-state index contributed by atoms with van der Waals surface area (Å²) in [4.78, 5) is 2.37. The molecule has 1 N–H and O–H groups in total. The SMILES string of the molecule is CNC(CN(C)CCCOC)C1CCOC1. The first kappa shape index (κ1) is 13.9. The Kier molecular flexibility index (Phi) is 6.96. The number of rotatable bonds is 8. The molecular weight excluding hydrogens is 204 g/mol. The molecule has 0 spiro atoms. The summed E-state index contributed by atoms with van der Waals surface area (Å²) in [5.74, 6) is 0.676. The largest absolute Gasteiger partial charge is 0.385 e. The lowest BCUT2D eigenvalue weighted by Crippen LogP contribution is -2.43. The fourth-order valence-electron chi connectivity index (χ4n) is 2.25. The summed E-state index contributed by atoms with van der Waals surface area (Å²) in [6, 6.07) is 0.551. The van der Waals surface area contributed by atoms with Crippen LogP contribution in [0.2, 0.25) is 0 Å². The maximum absolute atomic E-state index is 5.44. The zero-order valence-electron chi connectivity index (χ0n) is 10.9. The summed E-state index contributed by atoms with van der Waals surface area (Å²) in [7, 11) is 5.98. The Hall–Kier alpha value is -0.160. The Bertz CT molecular complexity index is 172. The topological polar surface area (TPSA) is 33.7 Å². The number of likely N-dealkylation sites (N-methyl/N-ethyl adjacent to an activating group) is 2. The number of nitrogens with one attached hydrogen (secondary N) is 1. The summed E-state index contributed by atoms with van der Waals surface area (Å²) in [6.45, 7) is 4.88. The number of ether oxygens (including phenoxy) is 2. The highest BCUT2D eigenvalue weighted by atomic mass is 16.5. The second-order valence-electron chi connectivity index (χ2n) is 4.63. The van der Waals surface area contributed by atoms with Gasteiger partial charge in [-0.25, -0.2) is 0 Å². The molecule has 2 unspecified atom stereocenters. The van der Waals surface area contributed by atoms with Gasteiger partial charge in [0.15, 0.2) is 0 Å². The Morgan fingerprint density at radius 1 is 1.56 bits per heavy atom. The molecule has 4 heteroatoms. The quantitative estimate of drug-likeness (QED) is 0.619. The molecule has 0 saturated carbocycles. The lowest BCUT2D eigenvalue weighted by molar-refractivity contribution is 0.158. The van der Waals surface area contributed by atoms with E-state index in [0.717, 1.165) is 39.3 Å². The Morgan fingerprint density at radius 2 is 2.38 bits per heavy atom. The van der Waals surface area contributed by atoms with Crippen LogP contribution in [-0.2, 0) is 9.47 Å². The van der Waals surface area contributed by atoms with Gasteiger partial charge in [0, 0.05) is 45.4 Å². The van der Waals surface area contributed by atoms with Crippen LogP contribution in [0.3, 0.4) is 0 Å². The van der Waals surface area contributed by atoms with Gasteiger partial charge in [0.05, 0.1) is 6.61 Å². The Morgan fingerprint density at radius 3 is 2.94 bits per heavy atom. The molecule has 0 aliphatic carbocycles. The van der Waals surface area contributed by atoms with Gasteiger partial charge in [0.1, 0.15) is 0 Å². The van der Waals surface area contributed by atoms with Crippen LogP contribution in [0, 0.1) is 5.92 Å². The van der Waals surface area contributed by atoms with Crippen molar-refractivity contribution in [3.05, 3.63) is 0 Å². The average molecular weight is 230 g/mol. The fraction of sp³-hybridized carbons (Fsp3) is 1.00. The van der Waals surface area contributed by atoms with E-state index in [1.807, 2.05) is 7.05 Å². The molecule has 1 aliphatic rings.